The fourth-order valence-electron chi connectivity index (χ4n) is 3.68. The molecule has 1 aromatic heterocycles. The van der Waals surface area contributed by atoms with Crippen molar-refractivity contribution < 1.29 is 0 Å². The molecule has 0 saturated carbocycles. The van der Waals surface area contributed by atoms with E-state index in [4.69, 9.17) is 23.2 Å². The van der Waals surface area contributed by atoms with Gasteiger partial charge < -0.3 is 4.90 Å². The van der Waals surface area contributed by atoms with Gasteiger partial charge in [0.2, 0.25) is 0 Å². The van der Waals surface area contributed by atoms with Gasteiger partial charge in [-0.25, -0.2) is 4.79 Å². The number of anilines is 1. The predicted octanol–water partition coefficient (Wildman–Crippen LogP) is 5.52. The second-order valence-corrected chi connectivity index (χ2v) is 7.64. The number of H-pyrrole nitrogens is 1. The molecular formula is C21H21Cl2N3O. The van der Waals surface area contributed by atoms with Crippen molar-refractivity contribution in [3.8, 4) is 16.9 Å². The van der Waals surface area contributed by atoms with E-state index in [1.54, 1.807) is 16.7 Å². The molecule has 2 aromatic carbocycles. The summed E-state index contributed by atoms with van der Waals surface area (Å²) in [5.41, 5.74) is 2.37. The zero-order chi connectivity index (χ0) is 18.8. The van der Waals surface area contributed by atoms with Crippen LogP contribution in [0, 0.1) is 0 Å². The fraction of sp³-hybridized carbons (Fsp3) is 0.286. The summed E-state index contributed by atoms with van der Waals surface area (Å²) in [6, 6.07) is 15.3. The Morgan fingerprint density at radius 2 is 1.56 bits per heavy atom. The molecule has 140 valence electrons. The molecule has 0 spiro atoms. The number of imidazole rings is 1. The molecule has 1 aliphatic rings. The maximum atomic E-state index is 13.0. The van der Waals surface area contributed by atoms with Crippen molar-refractivity contribution in [1.82, 2.24) is 9.55 Å². The average molecular weight is 402 g/mol. The summed E-state index contributed by atoms with van der Waals surface area (Å²) in [6.45, 7) is 1.89. The van der Waals surface area contributed by atoms with Crippen LogP contribution in [-0.2, 0) is 0 Å². The van der Waals surface area contributed by atoms with Crippen LogP contribution in [0.4, 0.5) is 5.82 Å². The number of nitrogens with one attached hydrogen (secondary N) is 1. The third kappa shape index (κ3) is 3.64. The van der Waals surface area contributed by atoms with Gasteiger partial charge in [0.1, 0.15) is 5.82 Å². The lowest BCUT2D eigenvalue weighted by Gasteiger charge is -2.23. The molecule has 0 bridgehead atoms. The van der Waals surface area contributed by atoms with Crippen molar-refractivity contribution in [2.24, 2.45) is 0 Å². The van der Waals surface area contributed by atoms with Gasteiger partial charge in [0.05, 0.1) is 21.4 Å². The van der Waals surface area contributed by atoms with E-state index in [-0.39, 0.29) is 5.69 Å². The number of hydrogen-bond acceptors (Lipinski definition) is 2. The standard InChI is InChI=1S/C21H21Cl2N3O/c22-17-11-10-16(14-18(17)23)26-19(15-8-4-3-5-9-15)20(24-21(26)27)25-12-6-1-2-7-13-25/h3-5,8-11,14H,1-2,6-7,12-13H2,(H,24,27). The average Bonchev–Trinajstić information content (AvgIpc) is 2.85. The first-order valence-electron chi connectivity index (χ1n) is 9.26. The van der Waals surface area contributed by atoms with E-state index in [1.165, 1.54) is 12.8 Å². The van der Waals surface area contributed by atoms with Crippen molar-refractivity contribution in [2.45, 2.75) is 25.7 Å². The van der Waals surface area contributed by atoms with E-state index < -0.39 is 0 Å². The Bertz CT molecular complexity index is 986. The van der Waals surface area contributed by atoms with Crippen LogP contribution in [0.15, 0.2) is 53.3 Å². The monoisotopic (exact) mass is 401 g/mol. The SMILES string of the molecule is O=c1[nH]c(N2CCCCCC2)c(-c2ccccc2)n1-c1ccc(Cl)c(Cl)c1. The van der Waals surface area contributed by atoms with Crippen molar-refractivity contribution in [3.05, 3.63) is 69.1 Å². The number of aromatic nitrogens is 2. The molecule has 1 aliphatic heterocycles. The molecule has 4 nitrogen and oxygen atoms in total. The third-order valence-electron chi connectivity index (χ3n) is 5.01. The fourth-order valence-corrected chi connectivity index (χ4v) is 3.97. The molecule has 0 unspecified atom stereocenters. The Balaban J connectivity index is 1.93. The van der Waals surface area contributed by atoms with Gasteiger partial charge in [-0.3, -0.25) is 9.55 Å². The lowest BCUT2D eigenvalue weighted by atomic mass is 10.1. The van der Waals surface area contributed by atoms with E-state index in [1.807, 2.05) is 36.4 Å². The topological polar surface area (TPSA) is 41.0 Å². The van der Waals surface area contributed by atoms with Gasteiger partial charge in [0.15, 0.2) is 0 Å². The summed E-state index contributed by atoms with van der Waals surface area (Å²) >= 11 is 12.3. The molecule has 0 radical (unpaired) electrons. The summed E-state index contributed by atoms with van der Waals surface area (Å²) in [5, 5.41) is 0.899. The zero-order valence-electron chi connectivity index (χ0n) is 14.9. The summed E-state index contributed by atoms with van der Waals surface area (Å²) in [5.74, 6) is 0.874. The van der Waals surface area contributed by atoms with Gasteiger partial charge in [-0.05, 0) is 31.0 Å². The second kappa shape index (κ2) is 7.83. The van der Waals surface area contributed by atoms with Crippen LogP contribution >= 0.6 is 23.2 Å². The Labute approximate surface area is 168 Å². The number of benzene rings is 2. The van der Waals surface area contributed by atoms with Gasteiger partial charge in [0, 0.05) is 18.7 Å². The highest BCUT2D eigenvalue weighted by Crippen LogP contribution is 2.33. The van der Waals surface area contributed by atoms with E-state index in [2.05, 4.69) is 9.88 Å². The minimum absolute atomic E-state index is 0.175. The number of rotatable bonds is 3. The molecule has 6 heteroatoms. The van der Waals surface area contributed by atoms with Crippen molar-refractivity contribution in [2.75, 3.05) is 18.0 Å². The highest BCUT2D eigenvalue weighted by atomic mass is 35.5. The van der Waals surface area contributed by atoms with Crippen LogP contribution in [0.2, 0.25) is 10.0 Å². The molecular weight excluding hydrogens is 381 g/mol. The summed E-state index contributed by atoms with van der Waals surface area (Å²) in [6.07, 6.45) is 4.73. The Hall–Kier alpha value is -2.17. The molecule has 0 atom stereocenters. The number of hydrogen-bond donors (Lipinski definition) is 1. The minimum atomic E-state index is -0.175. The summed E-state index contributed by atoms with van der Waals surface area (Å²) in [7, 11) is 0. The van der Waals surface area contributed by atoms with Crippen LogP contribution in [0.25, 0.3) is 16.9 Å². The first-order chi connectivity index (χ1) is 13.1. The quantitative estimate of drug-likeness (QED) is 0.627. The van der Waals surface area contributed by atoms with Crippen LogP contribution in [-0.4, -0.2) is 22.6 Å². The minimum Gasteiger partial charge on any atom is -0.356 e. The van der Waals surface area contributed by atoms with Gasteiger partial charge in [-0.1, -0.05) is 66.4 Å². The molecule has 3 aromatic rings. The Kier molecular flexibility index (Phi) is 5.28. The molecule has 0 aliphatic carbocycles. The van der Waals surface area contributed by atoms with Crippen LogP contribution < -0.4 is 10.6 Å². The van der Waals surface area contributed by atoms with E-state index in [9.17, 15) is 4.79 Å². The van der Waals surface area contributed by atoms with Crippen LogP contribution in [0.3, 0.4) is 0 Å². The molecule has 1 saturated heterocycles. The zero-order valence-corrected chi connectivity index (χ0v) is 16.4. The highest BCUT2D eigenvalue weighted by molar-refractivity contribution is 6.42. The first kappa shape index (κ1) is 18.2. The van der Waals surface area contributed by atoms with Gasteiger partial charge in [-0.15, -0.1) is 0 Å². The van der Waals surface area contributed by atoms with Crippen molar-refractivity contribution >= 4 is 29.0 Å². The normalized spacial score (nSPS) is 15.0. The highest BCUT2D eigenvalue weighted by Gasteiger charge is 2.22. The molecule has 1 N–H and O–H groups in total. The van der Waals surface area contributed by atoms with Gasteiger partial charge in [0.25, 0.3) is 0 Å². The van der Waals surface area contributed by atoms with Crippen molar-refractivity contribution in [1.29, 1.82) is 0 Å². The number of halogens is 2. The second-order valence-electron chi connectivity index (χ2n) is 6.83. The predicted molar refractivity (Wildman–Crippen MR) is 113 cm³/mol. The Morgan fingerprint density at radius 3 is 2.22 bits per heavy atom. The van der Waals surface area contributed by atoms with Crippen LogP contribution in [0.1, 0.15) is 25.7 Å². The summed E-state index contributed by atoms with van der Waals surface area (Å²) < 4.78 is 1.69. The molecule has 2 heterocycles. The van der Waals surface area contributed by atoms with Crippen LogP contribution in [0.5, 0.6) is 0 Å². The molecule has 0 amide bonds. The van der Waals surface area contributed by atoms with Gasteiger partial charge in [-0.2, -0.15) is 0 Å². The Morgan fingerprint density at radius 1 is 0.852 bits per heavy atom. The smallest absolute Gasteiger partial charge is 0.332 e. The maximum absolute atomic E-state index is 13.0. The lowest BCUT2D eigenvalue weighted by Crippen LogP contribution is -2.25. The number of aromatic amines is 1. The largest absolute Gasteiger partial charge is 0.356 e. The van der Waals surface area contributed by atoms with E-state index >= 15 is 0 Å². The molecule has 1 fully saturated rings. The van der Waals surface area contributed by atoms with Crippen molar-refractivity contribution in [3.63, 3.8) is 0 Å². The summed E-state index contributed by atoms with van der Waals surface area (Å²) in [4.78, 5) is 18.4. The lowest BCUT2D eigenvalue weighted by molar-refractivity contribution is 0.726. The molecule has 4 rings (SSSR count). The van der Waals surface area contributed by atoms with E-state index in [0.717, 1.165) is 43.0 Å². The number of nitrogens with zero attached hydrogens (tertiary/aromatic N) is 2. The molecule has 27 heavy (non-hydrogen) atoms. The first-order valence-corrected chi connectivity index (χ1v) is 10.0. The van der Waals surface area contributed by atoms with E-state index in [0.29, 0.717) is 15.7 Å². The van der Waals surface area contributed by atoms with Gasteiger partial charge >= 0.3 is 5.69 Å². The third-order valence-corrected chi connectivity index (χ3v) is 5.75. The maximum Gasteiger partial charge on any atom is 0.332 e.